The van der Waals surface area contributed by atoms with E-state index in [1.54, 1.807) is 12.1 Å². The molecular weight excluding hydrogens is 366 g/mol. The van der Waals surface area contributed by atoms with Crippen LogP contribution < -0.4 is 11.1 Å². The maximum absolute atomic E-state index is 12.0. The van der Waals surface area contributed by atoms with Crippen LogP contribution in [-0.4, -0.2) is 22.0 Å². The number of anilines is 2. The van der Waals surface area contributed by atoms with Crippen LogP contribution in [0.3, 0.4) is 0 Å². The number of benzene rings is 3. The number of aromatic carboxylic acids is 1. The average molecular weight is 383 g/mol. The van der Waals surface area contributed by atoms with Crippen molar-refractivity contribution < 1.29 is 14.7 Å². The molecule has 0 spiro atoms. The molecule has 0 unspecified atom stereocenters. The zero-order valence-corrected chi connectivity index (χ0v) is 15.3. The summed E-state index contributed by atoms with van der Waals surface area (Å²) in [5, 5.41) is 13.1. The van der Waals surface area contributed by atoms with Crippen molar-refractivity contribution in [2.75, 3.05) is 5.32 Å². The van der Waals surface area contributed by atoms with Gasteiger partial charge in [0, 0.05) is 17.3 Å². The third-order valence-corrected chi connectivity index (χ3v) is 4.62. The summed E-state index contributed by atoms with van der Waals surface area (Å²) in [6, 6.07) is 22.0. The van der Waals surface area contributed by atoms with Crippen LogP contribution in [-0.2, 0) is 0 Å². The van der Waals surface area contributed by atoms with Gasteiger partial charge in [0.25, 0.3) is 5.91 Å². The smallest absolute Gasteiger partial charge is 0.335 e. The second kappa shape index (κ2) is 7.44. The van der Waals surface area contributed by atoms with Crippen molar-refractivity contribution in [3.8, 4) is 11.1 Å². The van der Waals surface area contributed by atoms with E-state index in [0.29, 0.717) is 22.3 Å². The number of nitrogens with one attached hydrogen (secondary N) is 1. The van der Waals surface area contributed by atoms with Crippen LogP contribution in [0.25, 0.3) is 22.0 Å². The van der Waals surface area contributed by atoms with Gasteiger partial charge >= 0.3 is 5.97 Å². The van der Waals surface area contributed by atoms with Gasteiger partial charge in [-0.2, -0.15) is 0 Å². The SMILES string of the molecule is NC(=O)c1cnc2cc(-c3ccccc3)ccc2c1Nc1cccc(C(=O)O)c1. The molecule has 0 radical (unpaired) electrons. The molecule has 4 rings (SSSR count). The predicted octanol–water partition coefficient (Wildman–Crippen LogP) is 4.44. The summed E-state index contributed by atoms with van der Waals surface area (Å²) < 4.78 is 0. The first-order valence-electron chi connectivity index (χ1n) is 8.91. The Morgan fingerprint density at radius 2 is 1.69 bits per heavy atom. The highest BCUT2D eigenvalue weighted by molar-refractivity contribution is 6.08. The van der Waals surface area contributed by atoms with E-state index in [-0.39, 0.29) is 11.1 Å². The zero-order valence-electron chi connectivity index (χ0n) is 15.3. The first-order chi connectivity index (χ1) is 14.0. The molecule has 29 heavy (non-hydrogen) atoms. The Hall–Kier alpha value is -4.19. The molecule has 6 nitrogen and oxygen atoms in total. The Balaban J connectivity index is 1.84. The van der Waals surface area contributed by atoms with E-state index in [4.69, 9.17) is 5.73 Å². The number of amides is 1. The average Bonchev–Trinajstić information content (AvgIpc) is 2.74. The second-order valence-corrected chi connectivity index (χ2v) is 6.52. The number of aromatic nitrogens is 1. The molecule has 4 aromatic rings. The summed E-state index contributed by atoms with van der Waals surface area (Å²) in [5.41, 5.74) is 9.68. The highest BCUT2D eigenvalue weighted by Gasteiger charge is 2.15. The number of nitrogens with zero attached hydrogens (tertiary/aromatic N) is 1. The van der Waals surface area contributed by atoms with Gasteiger partial charge in [0.05, 0.1) is 22.3 Å². The van der Waals surface area contributed by atoms with Crippen LogP contribution in [0.4, 0.5) is 11.4 Å². The van der Waals surface area contributed by atoms with Gasteiger partial charge < -0.3 is 16.2 Å². The van der Waals surface area contributed by atoms with Gasteiger partial charge in [-0.05, 0) is 35.4 Å². The quantitative estimate of drug-likeness (QED) is 0.472. The van der Waals surface area contributed by atoms with Gasteiger partial charge in [0.2, 0.25) is 0 Å². The molecular formula is C23H17N3O3. The minimum Gasteiger partial charge on any atom is -0.478 e. The van der Waals surface area contributed by atoms with Crippen LogP contribution in [0.5, 0.6) is 0 Å². The van der Waals surface area contributed by atoms with E-state index in [2.05, 4.69) is 10.3 Å². The lowest BCUT2D eigenvalue weighted by atomic mass is 10.0. The fourth-order valence-electron chi connectivity index (χ4n) is 3.20. The van der Waals surface area contributed by atoms with Crippen molar-refractivity contribution in [1.82, 2.24) is 4.98 Å². The van der Waals surface area contributed by atoms with Crippen molar-refractivity contribution in [2.24, 2.45) is 5.73 Å². The molecule has 0 fully saturated rings. The van der Waals surface area contributed by atoms with Crippen LogP contribution in [0, 0.1) is 0 Å². The number of pyridine rings is 1. The van der Waals surface area contributed by atoms with E-state index in [0.717, 1.165) is 11.1 Å². The Morgan fingerprint density at radius 1 is 0.897 bits per heavy atom. The fourth-order valence-corrected chi connectivity index (χ4v) is 3.20. The van der Waals surface area contributed by atoms with Crippen LogP contribution >= 0.6 is 0 Å². The van der Waals surface area contributed by atoms with E-state index in [9.17, 15) is 14.7 Å². The molecule has 142 valence electrons. The first kappa shape index (κ1) is 18.2. The lowest BCUT2D eigenvalue weighted by molar-refractivity contribution is 0.0696. The molecule has 3 aromatic carbocycles. The van der Waals surface area contributed by atoms with E-state index < -0.39 is 11.9 Å². The number of fused-ring (bicyclic) bond motifs is 1. The Bertz CT molecular complexity index is 1240. The van der Waals surface area contributed by atoms with Gasteiger partial charge in [-0.25, -0.2) is 4.79 Å². The predicted molar refractivity (Wildman–Crippen MR) is 112 cm³/mol. The molecule has 0 saturated carbocycles. The summed E-state index contributed by atoms with van der Waals surface area (Å²) in [6.45, 7) is 0. The third-order valence-electron chi connectivity index (χ3n) is 4.62. The molecule has 1 aromatic heterocycles. The molecule has 6 heteroatoms. The number of hydrogen-bond acceptors (Lipinski definition) is 4. The van der Waals surface area contributed by atoms with E-state index in [1.807, 2.05) is 48.5 Å². The monoisotopic (exact) mass is 383 g/mol. The van der Waals surface area contributed by atoms with Crippen molar-refractivity contribution >= 4 is 34.2 Å². The Labute approximate surface area is 166 Å². The largest absolute Gasteiger partial charge is 0.478 e. The van der Waals surface area contributed by atoms with Crippen LogP contribution in [0.2, 0.25) is 0 Å². The number of hydrogen-bond donors (Lipinski definition) is 3. The summed E-state index contributed by atoms with van der Waals surface area (Å²) >= 11 is 0. The number of carboxylic acids is 1. The molecule has 4 N–H and O–H groups in total. The normalized spacial score (nSPS) is 10.6. The molecule has 0 saturated heterocycles. The van der Waals surface area contributed by atoms with Crippen molar-refractivity contribution in [2.45, 2.75) is 0 Å². The highest BCUT2D eigenvalue weighted by Crippen LogP contribution is 2.32. The molecule has 0 bridgehead atoms. The lowest BCUT2D eigenvalue weighted by Crippen LogP contribution is -2.14. The topological polar surface area (TPSA) is 105 Å². The van der Waals surface area contributed by atoms with Crippen LogP contribution in [0.1, 0.15) is 20.7 Å². The van der Waals surface area contributed by atoms with Gasteiger partial charge in [0.15, 0.2) is 0 Å². The fraction of sp³-hybridized carbons (Fsp3) is 0. The number of rotatable bonds is 5. The molecule has 0 aliphatic rings. The highest BCUT2D eigenvalue weighted by atomic mass is 16.4. The number of primary amides is 1. The van der Waals surface area contributed by atoms with Crippen molar-refractivity contribution in [3.63, 3.8) is 0 Å². The standard InChI is InChI=1S/C23H17N3O3/c24-22(27)19-13-25-20-12-15(14-5-2-1-3-6-14)9-10-18(20)21(19)26-17-8-4-7-16(11-17)23(28)29/h1-13H,(H2,24,27)(H,25,26)(H,28,29). The molecule has 0 aliphatic carbocycles. The third kappa shape index (κ3) is 3.64. The molecule has 1 amide bonds. The lowest BCUT2D eigenvalue weighted by Gasteiger charge is -2.14. The number of carbonyl (C=O) groups is 2. The van der Waals surface area contributed by atoms with Gasteiger partial charge in [-0.1, -0.05) is 48.5 Å². The van der Waals surface area contributed by atoms with E-state index >= 15 is 0 Å². The van der Waals surface area contributed by atoms with Gasteiger partial charge in [0.1, 0.15) is 0 Å². The maximum Gasteiger partial charge on any atom is 0.335 e. The molecule has 0 aliphatic heterocycles. The van der Waals surface area contributed by atoms with E-state index in [1.165, 1.54) is 18.3 Å². The maximum atomic E-state index is 12.0. The number of nitrogens with two attached hydrogens (primary N) is 1. The number of carbonyl (C=O) groups excluding carboxylic acids is 1. The van der Waals surface area contributed by atoms with Crippen LogP contribution in [0.15, 0.2) is 79.0 Å². The van der Waals surface area contributed by atoms with Gasteiger partial charge in [-0.15, -0.1) is 0 Å². The first-order valence-corrected chi connectivity index (χ1v) is 8.91. The second-order valence-electron chi connectivity index (χ2n) is 6.52. The summed E-state index contributed by atoms with van der Waals surface area (Å²) in [7, 11) is 0. The summed E-state index contributed by atoms with van der Waals surface area (Å²) in [6.07, 6.45) is 1.43. The van der Waals surface area contributed by atoms with Crippen molar-refractivity contribution in [3.05, 3.63) is 90.1 Å². The Kier molecular flexibility index (Phi) is 4.66. The number of carboxylic acid groups (broad SMARTS) is 1. The molecule has 0 atom stereocenters. The summed E-state index contributed by atoms with van der Waals surface area (Å²) in [5.74, 6) is -1.65. The minimum absolute atomic E-state index is 0.139. The molecule has 1 heterocycles. The Morgan fingerprint density at radius 3 is 2.41 bits per heavy atom. The minimum atomic E-state index is -1.03. The zero-order chi connectivity index (χ0) is 20.4. The van der Waals surface area contributed by atoms with Gasteiger partial charge in [-0.3, -0.25) is 9.78 Å². The summed E-state index contributed by atoms with van der Waals surface area (Å²) in [4.78, 5) is 27.6. The van der Waals surface area contributed by atoms with Crippen molar-refractivity contribution in [1.29, 1.82) is 0 Å².